The van der Waals surface area contributed by atoms with Crippen LogP contribution in [-0.4, -0.2) is 13.0 Å². The molecular formula is C24H19FO3S2. The van der Waals surface area contributed by atoms with E-state index in [1.54, 1.807) is 0 Å². The van der Waals surface area contributed by atoms with Gasteiger partial charge in [-0.3, -0.25) is 0 Å². The Hall–Kier alpha value is -2.93. The fourth-order valence-electron chi connectivity index (χ4n) is 2.68. The van der Waals surface area contributed by atoms with Crippen LogP contribution in [0, 0.1) is 5.82 Å². The molecule has 0 N–H and O–H groups in total. The van der Waals surface area contributed by atoms with E-state index in [2.05, 4.69) is 91.0 Å². The fourth-order valence-corrected chi connectivity index (χ4v) is 5.25. The summed E-state index contributed by atoms with van der Waals surface area (Å²) in [5, 5.41) is 0. The van der Waals surface area contributed by atoms with Gasteiger partial charge in [0.15, 0.2) is 14.7 Å². The molecule has 0 radical (unpaired) electrons. The molecule has 0 aliphatic carbocycles. The summed E-state index contributed by atoms with van der Waals surface area (Å²) in [6.45, 7) is 0. The lowest BCUT2D eigenvalue weighted by atomic mass is 10.4. The highest BCUT2D eigenvalue weighted by Gasteiger charge is 2.27. The van der Waals surface area contributed by atoms with E-state index >= 15 is 0 Å². The SMILES string of the molecule is O=S(=O)([O-])c1ccc(F)cc1.c1ccc([S+](c2ccccc2)c2ccccc2)cc1. The first kappa shape index (κ1) is 21.8. The average Bonchev–Trinajstić information content (AvgIpc) is 2.76. The number of benzene rings is 4. The first-order valence-corrected chi connectivity index (χ1v) is 11.7. The van der Waals surface area contributed by atoms with Gasteiger partial charge in [-0.25, -0.2) is 12.8 Å². The molecule has 152 valence electrons. The van der Waals surface area contributed by atoms with Crippen LogP contribution in [0.1, 0.15) is 0 Å². The van der Waals surface area contributed by atoms with Crippen LogP contribution in [0.3, 0.4) is 0 Å². The molecule has 0 aliphatic heterocycles. The molecule has 0 saturated carbocycles. The standard InChI is InChI=1S/C18H15S.C6H5FO3S/c1-4-10-16(11-5-1)19(17-12-6-2-7-13-17)18-14-8-3-9-15-18;7-5-1-3-6(4-2-5)11(8,9)10/h1-15H;1-4H,(H,8,9,10)/q+1;/p-1. The van der Waals surface area contributed by atoms with Crippen molar-refractivity contribution < 1.29 is 17.4 Å². The van der Waals surface area contributed by atoms with Crippen molar-refractivity contribution in [3.05, 3.63) is 121 Å². The van der Waals surface area contributed by atoms with Gasteiger partial charge in [-0.05, 0) is 60.7 Å². The van der Waals surface area contributed by atoms with E-state index in [0.717, 1.165) is 24.3 Å². The first-order valence-electron chi connectivity index (χ1n) is 9.06. The van der Waals surface area contributed by atoms with Crippen LogP contribution in [0.4, 0.5) is 4.39 Å². The molecule has 4 aromatic rings. The van der Waals surface area contributed by atoms with Crippen molar-refractivity contribution in [2.24, 2.45) is 0 Å². The molecule has 3 nitrogen and oxygen atoms in total. The summed E-state index contributed by atoms with van der Waals surface area (Å²) >= 11 is 0. The summed E-state index contributed by atoms with van der Waals surface area (Å²) in [6, 6.07) is 35.9. The predicted molar refractivity (Wildman–Crippen MR) is 116 cm³/mol. The van der Waals surface area contributed by atoms with Gasteiger partial charge in [0.2, 0.25) is 0 Å². The van der Waals surface area contributed by atoms with Gasteiger partial charge in [0, 0.05) is 0 Å². The zero-order valence-electron chi connectivity index (χ0n) is 15.9. The zero-order chi connectivity index (χ0) is 21.4. The van der Waals surface area contributed by atoms with Gasteiger partial charge in [-0.2, -0.15) is 0 Å². The van der Waals surface area contributed by atoms with Crippen LogP contribution in [0.25, 0.3) is 0 Å². The maximum absolute atomic E-state index is 12.2. The van der Waals surface area contributed by atoms with E-state index in [-0.39, 0.29) is 10.9 Å². The number of rotatable bonds is 4. The van der Waals surface area contributed by atoms with E-state index in [4.69, 9.17) is 0 Å². The molecule has 0 heterocycles. The van der Waals surface area contributed by atoms with Crippen molar-refractivity contribution in [1.82, 2.24) is 0 Å². The van der Waals surface area contributed by atoms with E-state index in [0.29, 0.717) is 0 Å². The van der Waals surface area contributed by atoms with Gasteiger partial charge in [0.05, 0.1) is 15.8 Å². The normalized spacial score (nSPS) is 10.9. The molecule has 4 rings (SSSR count). The summed E-state index contributed by atoms with van der Waals surface area (Å²) in [6.07, 6.45) is 0. The van der Waals surface area contributed by atoms with Gasteiger partial charge in [0.25, 0.3) is 0 Å². The summed E-state index contributed by atoms with van der Waals surface area (Å²) in [5.74, 6) is -0.572. The third-order valence-corrected chi connectivity index (χ3v) is 7.12. The van der Waals surface area contributed by atoms with Gasteiger partial charge in [0.1, 0.15) is 15.9 Å². The van der Waals surface area contributed by atoms with E-state index in [9.17, 15) is 17.4 Å². The molecule has 0 bridgehead atoms. The quantitative estimate of drug-likeness (QED) is 0.312. The smallest absolute Gasteiger partial charge is 0.166 e. The molecule has 0 saturated heterocycles. The van der Waals surface area contributed by atoms with Crippen LogP contribution < -0.4 is 0 Å². The minimum absolute atomic E-state index is 0.0146. The molecule has 0 fully saturated rings. The third kappa shape index (κ3) is 6.03. The highest BCUT2D eigenvalue weighted by molar-refractivity contribution is 7.97. The summed E-state index contributed by atoms with van der Waals surface area (Å²) in [4.78, 5) is 3.67. The topological polar surface area (TPSA) is 57.2 Å². The van der Waals surface area contributed by atoms with Crippen molar-refractivity contribution in [2.45, 2.75) is 19.6 Å². The number of hydrogen-bond acceptors (Lipinski definition) is 3. The molecule has 0 unspecified atom stereocenters. The fraction of sp³-hybridized carbons (Fsp3) is 0. The lowest BCUT2D eigenvalue weighted by molar-refractivity contribution is 0.463. The minimum Gasteiger partial charge on any atom is -0.744 e. The van der Waals surface area contributed by atoms with Crippen molar-refractivity contribution in [1.29, 1.82) is 0 Å². The zero-order valence-corrected chi connectivity index (χ0v) is 17.5. The van der Waals surface area contributed by atoms with Gasteiger partial charge in [-0.15, -0.1) is 0 Å². The largest absolute Gasteiger partial charge is 0.744 e. The molecule has 30 heavy (non-hydrogen) atoms. The molecule has 0 spiro atoms. The Balaban J connectivity index is 0.000000199. The monoisotopic (exact) mass is 438 g/mol. The van der Waals surface area contributed by atoms with Crippen molar-refractivity contribution in [3.8, 4) is 0 Å². The maximum atomic E-state index is 12.2. The predicted octanol–water partition coefficient (Wildman–Crippen LogP) is 5.51. The second kappa shape index (κ2) is 10.2. The van der Waals surface area contributed by atoms with Crippen molar-refractivity contribution >= 4 is 21.0 Å². The van der Waals surface area contributed by atoms with Crippen molar-refractivity contribution in [3.63, 3.8) is 0 Å². The molecule has 4 aromatic carbocycles. The second-order valence-electron chi connectivity index (χ2n) is 6.15. The summed E-state index contributed by atoms with van der Waals surface area (Å²) < 4.78 is 43.0. The van der Waals surface area contributed by atoms with Crippen LogP contribution >= 0.6 is 0 Å². The minimum atomic E-state index is -4.44. The second-order valence-corrected chi connectivity index (χ2v) is 9.56. The molecule has 6 heteroatoms. The maximum Gasteiger partial charge on any atom is 0.166 e. The van der Waals surface area contributed by atoms with Crippen LogP contribution in [0.5, 0.6) is 0 Å². The molecule has 0 atom stereocenters. The van der Waals surface area contributed by atoms with Crippen LogP contribution in [0.15, 0.2) is 135 Å². The Morgan fingerprint density at radius 2 is 0.900 bits per heavy atom. The average molecular weight is 439 g/mol. The third-order valence-electron chi connectivity index (χ3n) is 4.04. The van der Waals surface area contributed by atoms with Gasteiger partial charge >= 0.3 is 0 Å². The van der Waals surface area contributed by atoms with Crippen LogP contribution in [0.2, 0.25) is 0 Å². The first-order chi connectivity index (χ1) is 14.4. The Kier molecular flexibility index (Phi) is 7.41. The molecular weight excluding hydrogens is 419 g/mol. The highest BCUT2D eigenvalue weighted by Crippen LogP contribution is 2.30. The van der Waals surface area contributed by atoms with E-state index in [1.165, 1.54) is 14.7 Å². The van der Waals surface area contributed by atoms with E-state index in [1.807, 2.05) is 0 Å². The molecule has 0 aromatic heterocycles. The van der Waals surface area contributed by atoms with Gasteiger partial charge in [-0.1, -0.05) is 54.6 Å². The Bertz CT molecular complexity index is 1060. The highest BCUT2D eigenvalue weighted by atomic mass is 32.2. The Labute approximate surface area is 178 Å². The molecule has 0 aliphatic rings. The summed E-state index contributed by atoms with van der Waals surface area (Å²) in [5.41, 5.74) is 0. The Morgan fingerprint density at radius 1 is 0.567 bits per heavy atom. The number of halogens is 1. The van der Waals surface area contributed by atoms with Crippen molar-refractivity contribution in [2.75, 3.05) is 0 Å². The Morgan fingerprint density at radius 3 is 1.20 bits per heavy atom. The van der Waals surface area contributed by atoms with E-state index < -0.39 is 20.8 Å². The molecule has 0 amide bonds. The van der Waals surface area contributed by atoms with Gasteiger partial charge < -0.3 is 4.55 Å². The lowest BCUT2D eigenvalue weighted by Crippen LogP contribution is -2.04. The van der Waals surface area contributed by atoms with Crippen LogP contribution in [-0.2, 0) is 21.0 Å². The summed E-state index contributed by atoms with van der Waals surface area (Å²) in [7, 11) is -4.45. The lowest BCUT2D eigenvalue weighted by Gasteiger charge is -2.07. The number of hydrogen-bond donors (Lipinski definition) is 0.